The number of hydrogen-bond donors (Lipinski definition) is 2. The van der Waals surface area contributed by atoms with Gasteiger partial charge in [0.05, 0.1) is 5.69 Å². The number of nitrogens with one attached hydrogen (secondary N) is 2. The molecule has 2 heterocycles. The van der Waals surface area contributed by atoms with E-state index in [1.165, 1.54) is 16.9 Å². The summed E-state index contributed by atoms with van der Waals surface area (Å²) in [5, 5.41) is 8.61. The van der Waals surface area contributed by atoms with Crippen LogP contribution in [0, 0.1) is 6.92 Å². The number of urea groups is 1. The molecule has 4 rings (SSSR count). The number of hydrogen-bond acceptors (Lipinski definition) is 5. The molecule has 0 bridgehead atoms. The molecule has 33 heavy (non-hydrogen) atoms. The second-order valence-corrected chi connectivity index (χ2v) is 9.18. The first kappa shape index (κ1) is 23.1. The number of benzene rings is 2. The molecule has 2 aromatic carbocycles. The van der Waals surface area contributed by atoms with E-state index in [1.807, 2.05) is 58.8 Å². The fourth-order valence-electron chi connectivity index (χ4n) is 3.77. The molecule has 3 aromatic rings. The van der Waals surface area contributed by atoms with Crippen LogP contribution in [0.4, 0.5) is 21.3 Å². The highest BCUT2D eigenvalue weighted by Gasteiger charge is 2.22. The molecule has 1 saturated heterocycles. The molecule has 0 radical (unpaired) electrons. The highest BCUT2D eigenvalue weighted by atomic mass is 35.5. The van der Waals surface area contributed by atoms with Crippen molar-refractivity contribution in [2.75, 3.05) is 41.7 Å². The molecule has 1 fully saturated rings. The molecule has 0 aliphatic carbocycles. The third-order valence-electron chi connectivity index (χ3n) is 5.54. The number of nitrogens with zero attached hydrogens (tertiary/aromatic N) is 3. The average Bonchev–Trinajstić information content (AvgIpc) is 3.27. The van der Waals surface area contributed by atoms with Crippen molar-refractivity contribution in [1.82, 2.24) is 9.88 Å². The van der Waals surface area contributed by atoms with Crippen LogP contribution in [0.15, 0.2) is 53.9 Å². The molecule has 1 aliphatic rings. The van der Waals surface area contributed by atoms with Gasteiger partial charge >= 0.3 is 6.03 Å². The number of piperazine rings is 1. The van der Waals surface area contributed by atoms with Crippen LogP contribution in [-0.4, -0.2) is 48.0 Å². The molecular weight excluding hydrogens is 458 g/mol. The topological polar surface area (TPSA) is 77.6 Å². The average molecular weight is 484 g/mol. The van der Waals surface area contributed by atoms with Gasteiger partial charge in [-0.15, -0.1) is 11.3 Å². The van der Waals surface area contributed by atoms with Crippen LogP contribution in [-0.2, 0) is 11.2 Å². The summed E-state index contributed by atoms with van der Waals surface area (Å²) in [6, 6.07) is 14.8. The maximum absolute atomic E-state index is 12.7. The molecule has 0 unspecified atom stereocenters. The SMILES string of the molecule is Cc1ccc(Cl)cc1N1CCN(C(=O)CCc2csc(NC(=O)Nc3ccccc3)n2)CC1. The van der Waals surface area contributed by atoms with Gasteiger partial charge in [0.2, 0.25) is 5.91 Å². The highest BCUT2D eigenvalue weighted by Crippen LogP contribution is 2.25. The first-order valence-electron chi connectivity index (χ1n) is 10.8. The lowest BCUT2D eigenvalue weighted by atomic mass is 10.1. The molecule has 0 saturated carbocycles. The lowest BCUT2D eigenvalue weighted by molar-refractivity contribution is -0.131. The molecule has 1 aromatic heterocycles. The van der Waals surface area contributed by atoms with Gasteiger partial charge < -0.3 is 15.1 Å². The van der Waals surface area contributed by atoms with Crippen LogP contribution in [0.25, 0.3) is 0 Å². The number of aryl methyl sites for hydroxylation is 2. The predicted octanol–water partition coefficient (Wildman–Crippen LogP) is 5.03. The van der Waals surface area contributed by atoms with Crippen molar-refractivity contribution in [3.05, 3.63) is 70.2 Å². The Kier molecular flexibility index (Phi) is 7.47. The minimum Gasteiger partial charge on any atom is -0.368 e. The molecule has 3 amide bonds. The van der Waals surface area contributed by atoms with Gasteiger partial charge in [-0.1, -0.05) is 35.9 Å². The lowest BCUT2D eigenvalue weighted by Gasteiger charge is -2.37. The normalized spacial score (nSPS) is 13.6. The summed E-state index contributed by atoms with van der Waals surface area (Å²) in [5.41, 5.74) is 3.83. The van der Waals surface area contributed by atoms with Gasteiger partial charge in [-0.25, -0.2) is 9.78 Å². The van der Waals surface area contributed by atoms with Crippen molar-refractivity contribution in [2.24, 2.45) is 0 Å². The summed E-state index contributed by atoms with van der Waals surface area (Å²) in [6.45, 7) is 5.02. The minimum absolute atomic E-state index is 0.127. The Labute approximate surface area is 202 Å². The van der Waals surface area contributed by atoms with Crippen LogP contribution in [0.1, 0.15) is 17.7 Å². The fourth-order valence-corrected chi connectivity index (χ4v) is 4.68. The molecule has 0 spiro atoms. The van der Waals surface area contributed by atoms with Gasteiger partial charge in [0, 0.05) is 54.4 Å². The van der Waals surface area contributed by atoms with Gasteiger partial charge in [0.1, 0.15) is 0 Å². The quantitative estimate of drug-likeness (QED) is 0.515. The van der Waals surface area contributed by atoms with Crippen molar-refractivity contribution < 1.29 is 9.59 Å². The predicted molar refractivity (Wildman–Crippen MR) is 135 cm³/mol. The van der Waals surface area contributed by atoms with E-state index in [9.17, 15) is 9.59 Å². The summed E-state index contributed by atoms with van der Waals surface area (Å²) in [4.78, 5) is 33.4. The Morgan fingerprint density at radius 3 is 2.58 bits per heavy atom. The van der Waals surface area contributed by atoms with Crippen LogP contribution in [0.5, 0.6) is 0 Å². The number of carbonyl (C=O) groups is 2. The largest absolute Gasteiger partial charge is 0.368 e. The zero-order valence-electron chi connectivity index (χ0n) is 18.4. The number of aromatic nitrogens is 1. The van der Waals surface area contributed by atoms with E-state index in [1.54, 1.807) is 0 Å². The zero-order valence-corrected chi connectivity index (χ0v) is 20.0. The number of amides is 3. The Morgan fingerprint density at radius 1 is 1.06 bits per heavy atom. The van der Waals surface area contributed by atoms with Crippen LogP contribution in [0.3, 0.4) is 0 Å². The van der Waals surface area contributed by atoms with E-state index >= 15 is 0 Å². The van der Waals surface area contributed by atoms with Crippen LogP contribution in [0.2, 0.25) is 5.02 Å². The summed E-state index contributed by atoms with van der Waals surface area (Å²) >= 11 is 7.51. The van der Waals surface area contributed by atoms with Crippen molar-refractivity contribution >= 4 is 51.4 Å². The molecule has 172 valence electrons. The molecule has 0 atom stereocenters. The van der Waals surface area contributed by atoms with Crippen molar-refractivity contribution in [3.63, 3.8) is 0 Å². The molecule has 2 N–H and O–H groups in total. The van der Waals surface area contributed by atoms with E-state index in [2.05, 4.69) is 27.4 Å². The maximum Gasteiger partial charge on any atom is 0.325 e. The smallest absolute Gasteiger partial charge is 0.325 e. The zero-order chi connectivity index (χ0) is 23.2. The third-order valence-corrected chi connectivity index (χ3v) is 6.58. The summed E-state index contributed by atoms with van der Waals surface area (Å²) in [7, 11) is 0. The summed E-state index contributed by atoms with van der Waals surface area (Å²) in [6.07, 6.45) is 0.945. The molecule has 1 aliphatic heterocycles. The van der Waals surface area contributed by atoms with Crippen molar-refractivity contribution in [3.8, 4) is 0 Å². The second-order valence-electron chi connectivity index (χ2n) is 7.89. The molecular formula is C24H26ClN5O2S. The van der Waals surface area contributed by atoms with E-state index in [0.29, 0.717) is 36.8 Å². The Morgan fingerprint density at radius 2 is 1.82 bits per heavy atom. The fraction of sp³-hybridized carbons (Fsp3) is 0.292. The van der Waals surface area contributed by atoms with Gasteiger partial charge in [0.15, 0.2) is 5.13 Å². The lowest BCUT2D eigenvalue weighted by Crippen LogP contribution is -2.49. The van der Waals surface area contributed by atoms with E-state index in [4.69, 9.17) is 11.6 Å². The van der Waals surface area contributed by atoms with Gasteiger partial charge in [-0.2, -0.15) is 0 Å². The van der Waals surface area contributed by atoms with Crippen LogP contribution >= 0.6 is 22.9 Å². The van der Waals surface area contributed by atoms with Gasteiger partial charge in [-0.3, -0.25) is 10.1 Å². The highest BCUT2D eigenvalue weighted by molar-refractivity contribution is 7.13. The monoisotopic (exact) mass is 483 g/mol. The number of anilines is 3. The minimum atomic E-state index is -0.342. The summed E-state index contributed by atoms with van der Waals surface area (Å²) in [5.74, 6) is 0.127. The molecule has 7 nitrogen and oxygen atoms in total. The van der Waals surface area contributed by atoms with E-state index in [-0.39, 0.29) is 11.9 Å². The number of carbonyl (C=O) groups excluding carboxylic acids is 2. The first-order valence-corrected chi connectivity index (χ1v) is 12.1. The maximum atomic E-state index is 12.7. The summed E-state index contributed by atoms with van der Waals surface area (Å²) < 4.78 is 0. The van der Waals surface area contributed by atoms with E-state index in [0.717, 1.165) is 29.5 Å². The third kappa shape index (κ3) is 6.24. The number of rotatable bonds is 6. The standard InChI is InChI=1S/C24H26ClN5O2S/c1-17-7-8-18(25)15-21(17)29-11-13-30(14-12-29)22(31)10-9-20-16-33-24(27-20)28-23(32)26-19-5-3-2-4-6-19/h2-8,15-16H,9-14H2,1H3,(H2,26,27,28,32). The van der Waals surface area contributed by atoms with Crippen molar-refractivity contribution in [1.29, 1.82) is 0 Å². The number of para-hydroxylation sites is 1. The number of halogens is 1. The number of thiazole rings is 1. The van der Waals surface area contributed by atoms with E-state index < -0.39 is 0 Å². The first-order chi connectivity index (χ1) is 16.0. The Hall–Kier alpha value is -3.10. The van der Waals surface area contributed by atoms with Gasteiger partial charge in [0.25, 0.3) is 0 Å². The second kappa shape index (κ2) is 10.7. The molecule has 9 heteroatoms. The van der Waals surface area contributed by atoms with Gasteiger partial charge in [-0.05, 0) is 43.2 Å². The van der Waals surface area contributed by atoms with Crippen LogP contribution < -0.4 is 15.5 Å². The Bertz CT molecular complexity index is 1110. The Balaban J connectivity index is 1.22. The van der Waals surface area contributed by atoms with Crippen molar-refractivity contribution in [2.45, 2.75) is 19.8 Å².